The quantitative estimate of drug-likeness (QED) is 0.735. The van der Waals surface area contributed by atoms with Gasteiger partial charge in [0.15, 0.2) is 0 Å². The number of benzene rings is 1. The minimum atomic E-state index is -1.21. The van der Waals surface area contributed by atoms with Gasteiger partial charge >= 0.3 is 5.97 Å². The second kappa shape index (κ2) is 6.84. The highest BCUT2D eigenvalue weighted by Gasteiger charge is 2.10. The summed E-state index contributed by atoms with van der Waals surface area (Å²) in [6.07, 6.45) is 1.59. The number of hydrogen-bond donors (Lipinski definition) is 3. The molecule has 6 heteroatoms. The van der Waals surface area contributed by atoms with Crippen LogP contribution in [0.3, 0.4) is 0 Å². The molecule has 4 N–H and O–H groups in total. The Morgan fingerprint density at radius 2 is 2.16 bits per heavy atom. The Morgan fingerprint density at radius 1 is 1.47 bits per heavy atom. The fraction of sp³-hybridized carbons (Fsp3) is 0.385. The van der Waals surface area contributed by atoms with Crippen molar-refractivity contribution in [2.24, 2.45) is 5.73 Å². The maximum atomic E-state index is 13.5. The maximum Gasteiger partial charge on any atom is 0.335 e. The Balaban J connectivity index is 2.57. The van der Waals surface area contributed by atoms with E-state index >= 15 is 0 Å². The topological polar surface area (TPSA) is 92.4 Å². The van der Waals surface area contributed by atoms with Crippen LogP contribution >= 0.6 is 0 Å². The molecule has 1 atom stereocenters. The first kappa shape index (κ1) is 15.1. The Bertz CT molecular complexity index is 475. The molecule has 0 fully saturated rings. The molecular formula is C13H17FN2O3. The molecule has 1 aromatic rings. The summed E-state index contributed by atoms with van der Waals surface area (Å²) in [5, 5.41) is 11.1. The average Bonchev–Trinajstić information content (AvgIpc) is 2.31. The molecule has 5 nitrogen and oxygen atoms in total. The van der Waals surface area contributed by atoms with Crippen LogP contribution in [0.5, 0.6) is 0 Å². The average molecular weight is 268 g/mol. The van der Waals surface area contributed by atoms with Gasteiger partial charge in [-0.25, -0.2) is 9.18 Å². The SMILES string of the molecule is CC(N)CCCC(=O)Nc1ccc(C(=O)O)cc1F. The van der Waals surface area contributed by atoms with Gasteiger partial charge in [0.25, 0.3) is 0 Å². The number of rotatable bonds is 6. The molecule has 0 aliphatic heterocycles. The zero-order chi connectivity index (χ0) is 14.4. The summed E-state index contributed by atoms with van der Waals surface area (Å²) >= 11 is 0. The zero-order valence-electron chi connectivity index (χ0n) is 10.6. The smallest absolute Gasteiger partial charge is 0.335 e. The Labute approximate surface area is 110 Å². The van der Waals surface area contributed by atoms with Gasteiger partial charge in [0.2, 0.25) is 5.91 Å². The predicted octanol–water partition coefficient (Wildman–Crippen LogP) is 1.98. The van der Waals surface area contributed by atoms with E-state index < -0.39 is 11.8 Å². The molecule has 0 saturated carbocycles. The van der Waals surface area contributed by atoms with E-state index in [1.807, 2.05) is 6.92 Å². The molecule has 0 saturated heterocycles. The summed E-state index contributed by atoms with van der Waals surface area (Å²) in [6, 6.07) is 3.38. The Hall–Kier alpha value is -1.95. The molecule has 104 valence electrons. The molecule has 0 heterocycles. The van der Waals surface area contributed by atoms with Gasteiger partial charge in [0.05, 0.1) is 11.3 Å². The number of carbonyl (C=O) groups excluding carboxylic acids is 1. The van der Waals surface area contributed by atoms with Crippen LogP contribution < -0.4 is 11.1 Å². The molecule has 1 amide bonds. The van der Waals surface area contributed by atoms with Crippen LogP contribution in [0.15, 0.2) is 18.2 Å². The van der Waals surface area contributed by atoms with Crippen molar-refractivity contribution in [3.8, 4) is 0 Å². The van der Waals surface area contributed by atoms with E-state index in [0.717, 1.165) is 6.07 Å². The van der Waals surface area contributed by atoms with E-state index in [2.05, 4.69) is 5.32 Å². The van der Waals surface area contributed by atoms with Gasteiger partial charge < -0.3 is 16.2 Å². The largest absolute Gasteiger partial charge is 0.478 e. The van der Waals surface area contributed by atoms with Gasteiger partial charge in [0.1, 0.15) is 5.82 Å². The van der Waals surface area contributed by atoms with Crippen molar-refractivity contribution in [3.63, 3.8) is 0 Å². The van der Waals surface area contributed by atoms with Crippen molar-refractivity contribution in [2.75, 3.05) is 5.32 Å². The number of aromatic carboxylic acids is 1. The van der Waals surface area contributed by atoms with Gasteiger partial charge in [-0.1, -0.05) is 0 Å². The van der Waals surface area contributed by atoms with Crippen LogP contribution in [0.2, 0.25) is 0 Å². The lowest BCUT2D eigenvalue weighted by molar-refractivity contribution is -0.116. The molecule has 0 aliphatic rings. The second-order valence-electron chi connectivity index (χ2n) is 4.42. The van der Waals surface area contributed by atoms with Crippen molar-refractivity contribution < 1.29 is 19.1 Å². The Kier molecular flexibility index (Phi) is 5.44. The van der Waals surface area contributed by atoms with Gasteiger partial charge in [0, 0.05) is 12.5 Å². The van der Waals surface area contributed by atoms with Crippen molar-refractivity contribution in [3.05, 3.63) is 29.6 Å². The number of amides is 1. The van der Waals surface area contributed by atoms with Crippen molar-refractivity contribution in [2.45, 2.75) is 32.2 Å². The minimum Gasteiger partial charge on any atom is -0.478 e. The molecule has 0 bridgehead atoms. The highest BCUT2D eigenvalue weighted by molar-refractivity contribution is 5.92. The van der Waals surface area contributed by atoms with Crippen molar-refractivity contribution in [1.29, 1.82) is 0 Å². The van der Waals surface area contributed by atoms with Crippen LogP contribution in [0.25, 0.3) is 0 Å². The fourth-order valence-corrected chi connectivity index (χ4v) is 1.55. The predicted molar refractivity (Wildman–Crippen MR) is 69.5 cm³/mol. The molecule has 1 aromatic carbocycles. The number of halogens is 1. The molecule has 1 rings (SSSR count). The first-order chi connectivity index (χ1) is 8.90. The van der Waals surface area contributed by atoms with Crippen LogP contribution in [0.4, 0.5) is 10.1 Å². The molecule has 1 unspecified atom stereocenters. The van der Waals surface area contributed by atoms with Gasteiger partial charge in [-0.15, -0.1) is 0 Å². The summed E-state index contributed by atoms with van der Waals surface area (Å²) in [6.45, 7) is 1.85. The standard InChI is InChI=1S/C13H17FN2O3/c1-8(15)3-2-4-12(17)16-11-6-5-9(13(18)19)7-10(11)14/h5-8H,2-4,15H2,1H3,(H,16,17)(H,18,19). The summed E-state index contributed by atoms with van der Waals surface area (Å²) in [5.74, 6) is -2.29. The number of nitrogens with two attached hydrogens (primary N) is 1. The molecule has 0 aromatic heterocycles. The summed E-state index contributed by atoms with van der Waals surface area (Å²) in [5.41, 5.74) is 5.38. The second-order valence-corrected chi connectivity index (χ2v) is 4.42. The number of hydrogen-bond acceptors (Lipinski definition) is 3. The van der Waals surface area contributed by atoms with Crippen LogP contribution in [0, 0.1) is 5.82 Å². The molecule has 0 spiro atoms. The molecule has 19 heavy (non-hydrogen) atoms. The summed E-state index contributed by atoms with van der Waals surface area (Å²) in [7, 11) is 0. The van der Waals surface area contributed by atoms with Gasteiger partial charge in [-0.3, -0.25) is 4.79 Å². The molecular weight excluding hydrogens is 251 g/mol. The van der Waals surface area contributed by atoms with E-state index in [-0.39, 0.29) is 29.6 Å². The zero-order valence-corrected chi connectivity index (χ0v) is 10.6. The van der Waals surface area contributed by atoms with Crippen molar-refractivity contribution >= 4 is 17.6 Å². The monoisotopic (exact) mass is 268 g/mol. The van der Waals surface area contributed by atoms with E-state index in [0.29, 0.717) is 12.8 Å². The minimum absolute atomic E-state index is 0.0178. The first-order valence-electron chi connectivity index (χ1n) is 5.98. The number of carbonyl (C=O) groups is 2. The summed E-state index contributed by atoms with van der Waals surface area (Å²) in [4.78, 5) is 22.2. The number of carboxylic acid groups (broad SMARTS) is 1. The van der Waals surface area contributed by atoms with E-state index in [1.54, 1.807) is 0 Å². The molecule has 0 aliphatic carbocycles. The van der Waals surface area contributed by atoms with Crippen LogP contribution in [-0.4, -0.2) is 23.0 Å². The Morgan fingerprint density at radius 3 is 2.68 bits per heavy atom. The first-order valence-corrected chi connectivity index (χ1v) is 5.98. The summed E-state index contributed by atoms with van der Waals surface area (Å²) < 4.78 is 13.5. The van der Waals surface area contributed by atoms with Gasteiger partial charge in [-0.05, 0) is 38.0 Å². The molecule has 0 radical (unpaired) electrons. The third kappa shape index (κ3) is 5.05. The lowest BCUT2D eigenvalue weighted by Gasteiger charge is -2.08. The number of carboxylic acids is 1. The number of nitrogens with one attached hydrogen (secondary N) is 1. The third-order valence-corrected chi connectivity index (χ3v) is 2.55. The fourth-order valence-electron chi connectivity index (χ4n) is 1.55. The highest BCUT2D eigenvalue weighted by atomic mass is 19.1. The van der Waals surface area contributed by atoms with E-state index in [1.165, 1.54) is 12.1 Å². The highest BCUT2D eigenvalue weighted by Crippen LogP contribution is 2.16. The van der Waals surface area contributed by atoms with E-state index in [9.17, 15) is 14.0 Å². The van der Waals surface area contributed by atoms with Gasteiger partial charge in [-0.2, -0.15) is 0 Å². The maximum absolute atomic E-state index is 13.5. The number of anilines is 1. The van der Waals surface area contributed by atoms with E-state index in [4.69, 9.17) is 10.8 Å². The van der Waals surface area contributed by atoms with Crippen molar-refractivity contribution in [1.82, 2.24) is 0 Å². The van der Waals surface area contributed by atoms with Crippen LogP contribution in [-0.2, 0) is 4.79 Å². The lowest BCUT2D eigenvalue weighted by atomic mass is 10.1. The lowest BCUT2D eigenvalue weighted by Crippen LogP contribution is -2.17. The van der Waals surface area contributed by atoms with Crippen LogP contribution in [0.1, 0.15) is 36.5 Å². The third-order valence-electron chi connectivity index (χ3n) is 2.55. The normalized spacial score (nSPS) is 11.9.